The van der Waals surface area contributed by atoms with Crippen LogP contribution in [0, 0.1) is 6.92 Å². The van der Waals surface area contributed by atoms with Gasteiger partial charge in [0.05, 0.1) is 12.1 Å². The van der Waals surface area contributed by atoms with Crippen molar-refractivity contribution in [1.82, 2.24) is 9.88 Å². The van der Waals surface area contributed by atoms with Gasteiger partial charge >= 0.3 is 5.97 Å². The number of carboxylic acids is 1. The third kappa shape index (κ3) is 4.63. The predicted molar refractivity (Wildman–Crippen MR) is 90.5 cm³/mol. The molecule has 0 radical (unpaired) electrons. The minimum Gasteiger partial charge on any atom is -0.480 e. The molecular formula is C17H20N2O3S. The third-order valence-electron chi connectivity index (χ3n) is 3.43. The average Bonchev–Trinajstić information content (AvgIpc) is 2.93. The molecule has 0 bridgehead atoms. The number of benzene rings is 1. The van der Waals surface area contributed by atoms with Crippen molar-refractivity contribution in [1.29, 1.82) is 0 Å². The number of carbonyl (C=O) groups excluding carboxylic acids is 1. The molecule has 2 aromatic rings. The van der Waals surface area contributed by atoms with Gasteiger partial charge in [-0.25, -0.2) is 4.98 Å². The summed E-state index contributed by atoms with van der Waals surface area (Å²) in [4.78, 5) is 29.0. The van der Waals surface area contributed by atoms with E-state index in [1.165, 1.54) is 21.8 Å². The third-order valence-corrected chi connectivity index (χ3v) is 4.37. The van der Waals surface area contributed by atoms with Gasteiger partial charge in [-0.2, -0.15) is 0 Å². The van der Waals surface area contributed by atoms with Crippen LogP contribution < -0.4 is 0 Å². The van der Waals surface area contributed by atoms with E-state index in [9.17, 15) is 9.59 Å². The number of aliphatic carboxylic acids is 1. The molecule has 1 aromatic heterocycles. The lowest BCUT2D eigenvalue weighted by molar-refractivity contribution is -0.145. The molecule has 0 aliphatic carbocycles. The Morgan fingerprint density at radius 3 is 2.48 bits per heavy atom. The highest BCUT2D eigenvalue weighted by Crippen LogP contribution is 2.24. The minimum atomic E-state index is -1.01. The lowest BCUT2D eigenvalue weighted by atomic mass is 10.2. The zero-order chi connectivity index (χ0) is 17.0. The van der Waals surface area contributed by atoms with Crippen LogP contribution in [0.5, 0.6) is 0 Å². The molecule has 0 atom stereocenters. The Labute approximate surface area is 139 Å². The summed E-state index contributed by atoms with van der Waals surface area (Å²) in [5, 5.41) is 11.6. The fourth-order valence-electron chi connectivity index (χ4n) is 2.18. The van der Waals surface area contributed by atoms with Gasteiger partial charge in [0.25, 0.3) is 0 Å². The van der Waals surface area contributed by atoms with Gasteiger partial charge in [-0.1, -0.05) is 29.8 Å². The zero-order valence-electron chi connectivity index (χ0n) is 13.4. The van der Waals surface area contributed by atoms with Crippen LogP contribution in [0.1, 0.15) is 25.1 Å². The molecule has 122 valence electrons. The van der Waals surface area contributed by atoms with Gasteiger partial charge in [0.15, 0.2) is 0 Å². The van der Waals surface area contributed by atoms with E-state index in [0.717, 1.165) is 10.6 Å². The molecule has 0 saturated heterocycles. The number of carboxylic acid groups (broad SMARTS) is 1. The molecule has 23 heavy (non-hydrogen) atoms. The first-order valence-electron chi connectivity index (χ1n) is 7.39. The highest BCUT2D eigenvalue weighted by molar-refractivity contribution is 7.13. The second-order valence-corrected chi connectivity index (χ2v) is 6.55. The normalized spacial score (nSPS) is 10.8. The van der Waals surface area contributed by atoms with Gasteiger partial charge < -0.3 is 10.0 Å². The molecule has 1 amide bonds. The first-order chi connectivity index (χ1) is 10.9. The second kappa shape index (κ2) is 7.37. The van der Waals surface area contributed by atoms with Crippen molar-refractivity contribution < 1.29 is 14.7 Å². The van der Waals surface area contributed by atoms with Crippen LogP contribution in [-0.2, 0) is 16.0 Å². The summed E-state index contributed by atoms with van der Waals surface area (Å²) in [6.45, 7) is 5.35. The van der Waals surface area contributed by atoms with Gasteiger partial charge in [-0.3, -0.25) is 9.59 Å². The maximum Gasteiger partial charge on any atom is 0.323 e. The maximum absolute atomic E-state index is 12.3. The van der Waals surface area contributed by atoms with Crippen LogP contribution in [0.15, 0.2) is 29.6 Å². The summed E-state index contributed by atoms with van der Waals surface area (Å²) in [5.41, 5.74) is 2.87. The van der Waals surface area contributed by atoms with E-state index in [-0.39, 0.29) is 24.9 Å². The van der Waals surface area contributed by atoms with E-state index in [1.54, 1.807) is 13.8 Å². The predicted octanol–water partition coefficient (Wildman–Crippen LogP) is 2.98. The Hall–Kier alpha value is -2.21. The van der Waals surface area contributed by atoms with Crippen LogP contribution in [0.25, 0.3) is 10.6 Å². The highest BCUT2D eigenvalue weighted by atomic mass is 32.1. The number of thiazole rings is 1. The van der Waals surface area contributed by atoms with Crippen LogP contribution >= 0.6 is 11.3 Å². The van der Waals surface area contributed by atoms with Crippen molar-refractivity contribution in [3.8, 4) is 10.6 Å². The molecule has 1 aromatic carbocycles. The number of aromatic nitrogens is 1. The molecule has 2 rings (SSSR count). The van der Waals surface area contributed by atoms with E-state index in [2.05, 4.69) is 4.98 Å². The van der Waals surface area contributed by atoms with Gasteiger partial charge in [-0.05, 0) is 20.8 Å². The first kappa shape index (κ1) is 17.1. The van der Waals surface area contributed by atoms with E-state index in [1.807, 2.05) is 36.6 Å². The van der Waals surface area contributed by atoms with Crippen LogP contribution in [0.3, 0.4) is 0 Å². The number of hydrogen-bond acceptors (Lipinski definition) is 4. The standard InChI is InChI=1S/C17H20N2O3S/c1-11(2)19(9-16(21)22)15(20)8-14-10-23-17(18-14)13-6-4-12(3)5-7-13/h4-7,10-11H,8-9H2,1-3H3,(H,21,22). The number of rotatable bonds is 6. The SMILES string of the molecule is Cc1ccc(-c2nc(CC(=O)N(CC(=O)O)C(C)C)cs2)cc1. The summed E-state index contributed by atoms with van der Waals surface area (Å²) in [5.74, 6) is -1.23. The van der Waals surface area contributed by atoms with Gasteiger partial charge in [-0.15, -0.1) is 11.3 Å². The summed E-state index contributed by atoms with van der Waals surface area (Å²) in [6.07, 6.45) is 0.119. The smallest absolute Gasteiger partial charge is 0.323 e. The van der Waals surface area contributed by atoms with Crippen molar-refractivity contribution in [2.75, 3.05) is 6.54 Å². The van der Waals surface area contributed by atoms with Gasteiger partial charge in [0.2, 0.25) is 5.91 Å². The Kier molecular flexibility index (Phi) is 5.50. The van der Waals surface area contributed by atoms with Gasteiger partial charge in [0, 0.05) is 17.0 Å². The van der Waals surface area contributed by atoms with Gasteiger partial charge in [0.1, 0.15) is 11.6 Å². The largest absolute Gasteiger partial charge is 0.480 e. The van der Waals surface area contributed by atoms with Crippen molar-refractivity contribution >= 4 is 23.2 Å². The Balaban J connectivity index is 2.10. The lowest BCUT2D eigenvalue weighted by Gasteiger charge is -2.24. The molecule has 0 fully saturated rings. The topological polar surface area (TPSA) is 70.5 Å². The molecule has 0 aliphatic rings. The number of amides is 1. The van der Waals surface area contributed by atoms with E-state index in [0.29, 0.717) is 5.69 Å². The average molecular weight is 332 g/mol. The van der Waals surface area contributed by atoms with Crippen molar-refractivity contribution in [2.24, 2.45) is 0 Å². The van der Waals surface area contributed by atoms with Crippen LogP contribution in [0.2, 0.25) is 0 Å². The molecule has 0 aliphatic heterocycles. The molecule has 5 nitrogen and oxygen atoms in total. The number of aryl methyl sites for hydroxylation is 1. The molecule has 0 unspecified atom stereocenters. The molecule has 0 saturated carbocycles. The fraction of sp³-hybridized carbons (Fsp3) is 0.353. The Bertz CT molecular complexity index is 692. The van der Waals surface area contributed by atoms with E-state index >= 15 is 0 Å². The quantitative estimate of drug-likeness (QED) is 0.883. The van der Waals surface area contributed by atoms with Crippen LogP contribution in [0.4, 0.5) is 0 Å². The fourth-order valence-corrected chi connectivity index (χ4v) is 3.00. The van der Waals surface area contributed by atoms with E-state index in [4.69, 9.17) is 5.11 Å². The van der Waals surface area contributed by atoms with Crippen molar-refractivity contribution in [3.05, 3.63) is 40.9 Å². The summed E-state index contributed by atoms with van der Waals surface area (Å²) >= 11 is 1.49. The first-order valence-corrected chi connectivity index (χ1v) is 8.27. The number of hydrogen-bond donors (Lipinski definition) is 1. The lowest BCUT2D eigenvalue weighted by Crippen LogP contribution is -2.41. The Morgan fingerprint density at radius 1 is 1.26 bits per heavy atom. The maximum atomic E-state index is 12.3. The van der Waals surface area contributed by atoms with Crippen molar-refractivity contribution in [3.63, 3.8) is 0 Å². The molecule has 1 heterocycles. The monoisotopic (exact) mass is 332 g/mol. The molecular weight excluding hydrogens is 312 g/mol. The van der Waals surface area contributed by atoms with Crippen LogP contribution in [-0.4, -0.2) is 39.5 Å². The summed E-state index contributed by atoms with van der Waals surface area (Å²) in [7, 11) is 0. The summed E-state index contributed by atoms with van der Waals surface area (Å²) < 4.78 is 0. The number of nitrogens with zero attached hydrogens (tertiary/aromatic N) is 2. The molecule has 1 N–H and O–H groups in total. The zero-order valence-corrected chi connectivity index (χ0v) is 14.3. The number of carbonyl (C=O) groups is 2. The highest BCUT2D eigenvalue weighted by Gasteiger charge is 2.21. The molecule has 0 spiro atoms. The van der Waals surface area contributed by atoms with E-state index < -0.39 is 5.97 Å². The van der Waals surface area contributed by atoms with Crippen molar-refractivity contribution in [2.45, 2.75) is 33.2 Å². The Morgan fingerprint density at radius 2 is 1.91 bits per heavy atom. The minimum absolute atomic E-state index is 0.119. The second-order valence-electron chi connectivity index (χ2n) is 5.70. The summed E-state index contributed by atoms with van der Waals surface area (Å²) in [6, 6.07) is 7.90. The molecule has 6 heteroatoms.